The smallest absolute Gasteiger partial charge is 0.243 e. The largest absolute Gasteiger partial charge is 0.385 e. The average Bonchev–Trinajstić information content (AvgIpc) is 2.90. The van der Waals surface area contributed by atoms with Crippen LogP contribution in [0, 0.1) is 13.8 Å². The number of rotatable bonds is 5. The van der Waals surface area contributed by atoms with E-state index in [-0.39, 0.29) is 6.04 Å². The van der Waals surface area contributed by atoms with Gasteiger partial charge in [0.2, 0.25) is 10.0 Å². The Morgan fingerprint density at radius 2 is 1.95 bits per heavy atom. The second kappa shape index (κ2) is 6.34. The van der Waals surface area contributed by atoms with E-state index in [0.717, 1.165) is 29.8 Å². The molecule has 1 aromatic rings. The van der Waals surface area contributed by atoms with Gasteiger partial charge >= 0.3 is 0 Å². The van der Waals surface area contributed by atoms with E-state index in [1.807, 2.05) is 32.9 Å². The fraction of sp³-hybridized carbons (Fsp3) is 0.600. The van der Waals surface area contributed by atoms with E-state index >= 15 is 0 Å². The lowest BCUT2D eigenvalue weighted by atomic mass is 10.1. The van der Waals surface area contributed by atoms with Crippen molar-refractivity contribution in [2.45, 2.75) is 38.1 Å². The highest BCUT2D eigenvalue weighted by Gasteiger charge is 2.32. The van der Waals surface area contributed by atoms with Gasteiger partial charge in [0.05, 0.1) is 17.5 Å². The normalized spacial score (nSPS) is 19.2. The van der Waals surface area contributed by atoms with Gasteiger partial charge in [-0.15, -0.1) is 0 Å². The van der Waals surface area contributed by atoms with E-state index in [4.69, 9.17) is 4.74 Å². The van der Waals surface area contributed by atoms with Crippen molar-refractivity contribution in [2.24, 2.45) is 0 Å². The highest BCUT2D eigenvalue weighted by atomic mass is 32.2. The predicted molar refractivity (Wildman–Crippen MR) is 84.3 cm³/mol. The first-order valence-electron chi connectivity index (χ1n) is 7.28. The van der Waals surface area contributed by atoms with Gasteiger partial charge in [0.25, 0.3) is 0 Å². The Hall–Kier alpha value is -1.11. The lowest BCUT2D eigenvalue weighted by Gasteiger charge is -2.25. The molecule has 6 heteroatoms. The minimum atomic E-state index is -3.49. The number of sulfonamides is 1. The van der Waals surface area contributed by atoms with Crippen molar-refractivity contribution in [1.29, 1.82) is 0 Å². The van der Waals surface area contributed by atoms with Gasteiger partial charge in [-0.05, 0) is 50.5 Å². The van der Waals surface area contributed by atoms with Gasteiger partial charge in [0, 0.05) is 25.9 Å². The summed E-state index contributed by atoms with van der Waals surface area (Å²) in [6, 6.07) is 3.72. The number of anilines is 1. The number of aryl methyl sites for hydroxylation is 2. The molecule has 0 aromatic heterocycles. The van der Waals surface area contributed by atoms with Gasteiger partial charge in [0.15, 0.2) is 0 Å². The minimum Gasteiger partial charge on any atom is -0.385 e. The lowest BCUT2D eigenvalue weighted by Crippen LogP contribution is -2.38. The maximum absolute atomic E-state index is 12.9. The van der Waals surface area contributed by atoms with Crippen LogP contribution in [0.15, 0.2) is 17.0 Å². The van der Waals surface area contributed by atoms with E-state index in [2.05, 4.69) is 5.32 Å². The molecular weight excluding hydrogens is 288 g/mol. The van der Waals surface area contributed by atoms with E-state index < -0.39 is 10.0 Å². The van der Waals surface area contributed by atoms with Gasteiger partial charge in [-0.25, -0.2) is 8.42 Å². The second-order valence-electron chi connectivity index (χ2n) is 5.51. The molecule has 1 aliphatic heterocycles. The Balaban J connectivity index is 2.39. The van der Waals surface area contributed by atoms with Crippen LogP contribution in [-0.2, 0) is 14.8 Å². The molecule has 1 atom stereocenters. The third kappa shape index (κ3) is 3.22. The van der Waals surface area contributed by atoms with Gasteiger partial charge < -0.3 is 10.1 Å². The standard InChI is InChI=1S/C15H24N2O3S/c1-5-16-13-8-11(2)15(12(3)9-13)21(18,19)17(4)14-6-7-20-10-14/h8-9,14,16H,5-7,10H2,1-4H3. The molecule has 21 heavy (non-hydrogen) atoms. The summed E-state index contributed by atoms with van der Waals surface area (Å²) in [6.07, 6.45) is 0.753. The highest BCUT2D eigenvalue weighted by Crippen LogP contribution is 2.28. The Kier molecular flexibility index (Phi) is 4.91. The Morgan fingerprint density at radius 3 is 2.43 bits per heavy atom. The fourth-order valence-electron chi connectivity index (χ4n) is 2.81. The predicted octanol–water partition coefficient (Wildman–Crippen LogP) is 2.14. The van der Waals surface area contributed by atoms with Gasteiger partial charge in [-0.2, -0.15) is 4.31 Å². The molecule has 1 aliphatic rings. The van der Waals surface area contributed by atoms with Crippen molar-refractivity contribution in [1.82, 2.24) is 4.31 Å². The molecule has 1 fully saturated rings. The van der Waals surface area contributed by atoms with Crippen LogP contribution < -0.4 is 5.32 Å². The molecule has 1 aromatic carbocycles. The summed E-state index contributed by atoms with van der Waals surface area (Å²) in [7, 11) is -1.85. The molecule has 118 valence electrons. The third-order valence-electron chi connectivity index (χ3n) is 3.90. The van der Waals surface area contributed by atoms with Crippen LogP contribution in [-0.4, -0.2) is 45.6 Å². The van der Waals surface area contributed by atoms with Gasteiger partial charge in [0.1, 0.15) is 0 Å². The first-order valence-corrected chi connectivity index (χ1v) is 8.72. The zero-order valence-corrected chi connectivity index (χ0v) is 14.0. The van der Waals surface area contributed by atoms with Crippen LogP contribution in [0.3, 0.4) is 0 Å². The van der Waals surface area contributed by atoms with Crippen molar-refractivity contribution in [3.8, 4) is 0 Å². The molecule has 1 heterocycles. The van der Waals surface area contributed by atoms with Crippen LogP contribution in [0.1, 0.15) is 24.5 Å². The van der Waals surface area contributed by atoms with Gasteiger partial charge in [-0.1, -0.05) is 0 Å². The SMILES string of the molecule is CCNc1cc(C)c(S(=O)(=O)N(C)C2CCOC2)c(C)c1. The molecule has 0 spiro atoms. The van der Waals surface area contributed by atoms with Crippen LogP contribution in [0.25, 0.3) is 0 Å². The number of hydrogen-bond acceptors (Lipinski definition) is 4. The van der Waals surface area contributed by atoms with Crippen molar-refractivity contribution in [2.75, 3.05) is 32.1 Å². The first-order chi connectivity index (χ1) is 9.87. The molecular formula is C15H24N2O3S. The number of ether oxygens (including phenoxy) is 1. The molecule has 0 bridgehead atoms. The van der Waals surface area contributed by atoms with Crippen LogP contribution >= 0.6 is 0 Å². The topological polar surface area (TPSA) is 58.6 Å². The first kappa shape index (κ1) is 16.3. The zero-order chi connectivity index (χ0) is 15.6. The summed E-state index contributed by atoms with van der Waals surface area (Å²) in [4.78, 5) is 0.415. The van der Waals surface area contributed by atoms with Crippen molar-refractivity contribution in [3.05, 3.63) is 23.3 Å². The maximum Gasteiger partial charge on any atom is 0.243 e. The monoisotopic (exact) mass is 312 g/mol. The lowest BCUT2D eigenvalue weighted by molar-refractivity contribution is 0.181. The van der Waals surface area contributed by atoms with E-state index in [1.165, 1.54) is 4.31 Å². The molecule has 0 radical (unpaired) electrons. The highest BCUT2D eigenvalue weighted by molar-refractivity contribution is 7.89. The Labute approximate surface area is 127 Å². The number of nitrogens with zero attached hydrogens (tertiary/aromatic N) is 1. The molecule has 1 unspecified atom stereocenters. The summed E-state index contributed by atoms with van der Waals surface area (Å²) in [5, 5.41) is 3.22. The molecule has 0 amide bonds. The van der Waals surface area contributed by atoms with Crippen LogP contribution in [0.2, 0.25) is 0 Å². The Morgan fingerprint density at radius 1 is 1.33 bits per heavy atom. The average molecular weight is 312 g/mol. The quantitative estimate of drug-likeness (QED) is 0.905. The molecule has 1 saturated heterocycles. The number of benzene rings is 1. The zero-order valence-electron chi connectivity index (χ0n) is 13.1. The van der Waals surface area contributed by atoms with Crippen LogP contribution in [0.4, 0.5) is 5.69 Å². The third-order valence-corrected chi connectivity index (χ3v) is 6.11. The summed E-state index contributed by atoms with van der Waals surface area (Å²) in [5.41, 5.74) is 2.51. The van der Waals surface area contributed by atoms with E-state index in [0.29, 0.717) is 18.1 Å². The van der Waals surface area contributed by atoms with Gasteiger partial charge in [-0.3, -0.25) is 0 Å². The summed E-state index contributed by atoms with van der Waals surface area (Å²) >= 11 is 0. The molecule has 2 rings (SSSR count). The summed E-state index contributed by atoms with van der Waals surface area (Å²) in [6.45, 7) is 7.62. The number of nitrogens with one attached hydrogen (secondary N) is 1. The minimum absolute atomic E-state index is 0.0674. The fourth-order valence-corrected chi connectivity index (χ4v) is 4.59. The number of hydrogen-bond donors (Lipinski definition) is 1. The summed E-state index contributed by atoms with van der Waals surface area (Å²) < 4.78 is 32.5. The van der Waals surface area contributed by atoms with Crippen molar-refractivity contribution >= 4 is 15.7 Å². The molecule has 5 nitrogen and oxygen atoms in total. The maximum atomic E-state index is 12.9. The summed E-state index contributed by atoms with van der Waals surface area (Å²) in [5.74, 6) is 0. The molecule has 0 saturated carbocycles. The molecule has 0 aliphatic carbocycles. The van der Waals surface area contributed by atoms with Crippen molar-refractivity contribution in [3.63, 3.8) is 0 Å². The number of likely N-dealkylation sites (N-methyl/N-ethyl adjacent to an activating group) is 1. The molecule has 1 N–H and O–H groups in total. The Bertz CT molecular complexity index is 584. The second-order valence-corrected chi connectivity index (χ2v) is 7.44. The van der Waals surface area contributed by atoms with Crippen molar-refractivity contribution < 1.29 is 13.2 Å². The van der Waals surface area contributed by atoms with Crippen LogP contribution in [0.5, 0.6) is 0 Å². The van der Waals surface area contributed by atoms with E-state index in [9.17, 15) is 8.42 Å². The van der Waals surface area contributed by atoms with E-state index in [1.54, 1.807) is 7.05 Å².